The second-order valence-corrected chi connectivity index (χ2v) is 4.54. The van der Waals surface area contributed by atoms with Crippen LogP contribution in [0.5, 0.6) is 0 Å². The number of benzene rings is 1. The minimum Gasteiger partial charge on any atom is -0.462 e. The van der Waals surface area contributed by atoms with Crippen molar-refractivity contribution in [3.63, 3.8) is 0 Å². The molecule has 1 aromatic rings. The molecule has 106 valence electrons. The maximum absolute atomic E-state index is 13.7. The molecule has 0 fully saturated rings. The van der Waals surface area contributed by atoms with Gasteiger partial charge in [0.15, 0.2) is 5.82 Å². The third-order valence-electron chi connectivity index (χ3n) is 2.64. The fourth-order valence-electron chi connectivity index (χ4n) is 1.93. The number of carbonyl (C=O) groups excluding carboxylic acids is 3. The van der Waals surface area contributed by atoms with Crippen LogP contribution in [0, 0.1) is 11.6 Å². The SMILES string of the molecule is CC(C)OC(=O)CN1C(=O)C(=O)c2cc(F)cc(F)c21. The van der Waals surface area contributed by atoms with Gasteiger partial charge in [0.2, 0.25) is 0 Å². The van der Waals surface area contributed by atoms with Gasteiger partial charge >= 0.3 is 5.97 Å². The molecule has 2 rings (SSSR count). The van der Waals surface area contributed by atoms with Gasteiger partial charge in [0.25, 0.3) is 11.7 Å². The summed E-state index contributed by atoms with van der Waals surface area (Å²) >= 11 is 0. The fraction of sp³-hybridized carbons (Fsp3) is 0.308. The van der Waals surface area contributed by atoms with Crippen LogP contribution in [0.4, 0.5) is 14.5 Å². The van der Waals surface area contributed by atoms with E-state index in [0.29, 0.717) is 11.0 Å². The Kier molecular flexibility index (Phi) is 3.52. The van der Waals surface area contributed by atoms with Crippen molar-refractivity contribution < 1.29 is 27.9 Å². The van der Waals surface area contributed by atoms with E-state index in [2.05, 4.69) is 0 Å². The van der Waals surface area contributed by atoms with Gasteiger partial charge in [0.05, 0.1) is 17.4 Å². The monoisotopic (exact) mass is 283 g/mol. The van der Waals surface area contributed by atoms with Gasteiger partial charge in [-0.15, -0.1) is 0 Å². The molecular formula is C13H11F2NO4. The van der Waals surface area contributed by atoms with E-state index in [1.807, 2.05) is 0 Å². The number of hydrogen-bond acceptors (Lipinski definition) is 4. The minimum absolute atomic E-state index is 0.384. The molecule has 5 nitrogen and oxygen atoms in total. The highest BCUT2D eigenvalue weighted by Crippen LogP contribution is 2.32. The Bertz CT molecular complexity index is 613. The molecule has 1 aliphatic heterocycles. The summed E-state index contributed by atoms with van der Waals surface area (Å²) in [6.45, 7) is 2.62. The summed E-state index contributed by atoms with van der Waals surface area (Å²) in [5.74, 6) is -4.94. The molecule has 7 heteroatoms. The van der Waals surface area contributed by atoms with E-state index in [4.69, 9.17) is 4.74 Å². The highest BCUT2D eigenvalue weighted by Gasteiger charge is 2.40. The summed E-state index contributed by atoms with van der Waals surface area (Å²) in [7, 11) is 0. The van der Waals surface area contributed by atoms with Gasteiger partial charge in [-0.2, -0.15) is 0 Å². The van der Waals surface area contributed by atoms with Crippen LogP contribution in [0.1, 0.15) is 24.2 Å². The molecule has 1 aromatic carbocycles. The molecule has 0 bridgehead atoms. The van der Waals surface area contributed by atoms with Gasteiger partial charge < -0.3 is 4.74 Å². The van der Waals surface area contributed by atoms with Crippen molar-refractivity contribution in [2.24, 2.45) is 0 Å². The molecule has 1 amide bonds. The number of hydrogen-bond donors (Lipinski definition) is 0. The molecule has 0 radical (unpaired) electrons. The third kappa shape index (κ3) is 2.38. The number of rotatable bonds is 3. The molecule has 0 saturated heterocycles. The predicted octanol–water partition coefficient (Wildman–Crippen LogP) is 1.45. The van der Waals surface area contributed by atoms with Crippen LogP contribution in [-0.4, -0.2) is 30.3 Å². The number of halogens is 2. The van der Waals surface area contributed by atoms with Crippen LogP contribution in [-0.2, 0) is 14.3 Å². The van der Waals surface area contributed by atoms with E-state index in [0.717, 1.165) is 6.07 Å². The Labute approximate surface area is 113 Å². The first-order chi connectivity index (χ1) is 9.31. The van der Waals surface area contributed by atoms with Crippen molar-refractivity contribution in [1.82, 2.24) is 0 Å². The first-order valence-electron chi connectivity index (χ1n) is 5.86. The van der Waals surface area contributed by atoms with Gasteiger partial charge in [-0.3, -0.25) is 19.3 Å². The van der Waals surface area contributed by atoms with E-state index in [-0.39, 0.29) is 11.3 Å². The van der Waals surface area contributed by atoms with Crippen molar-refractivity contribution in [2.75, 3.05) is 11.4 Å². The highest BCUT2D eigenvalue weighted by molar-refractivity contribution is 6.52. The van der Waals surface area contributed by atoms with E-state index in [1.165, 1.54) is 0 Å². The average Bonchev–Trinajstić information content (AvgIpc) is 2.53. The molecule has 1 heterocycles. The van der Waals surface area contributed by atoms with Crippen LogP contribution >= 0.6 is 0 Å². The predicted molar refractivity (Wildman–Crippen MR) is 64.3 cm³/mol. The number of ether oxygens (including phenoxy) is 1. The Morgan fingerprint density at radius 1 is 1.30 bits per heavy atom. The number of nitrogens with zero attached hydrogens (tertiary/aromatic N) is 1. The van der Waals surface area contributed by atoms with Crippen molar-refractivity contribution in [3.8, 4) is 0 Å². The fourth-order valence-corrected chi connectivity index (χ4v) is 1.93. The van der Waals surface area contributed by atoms with Crippen molar-refractivity contribution in [3.05, 3.63) is 29.3 Å². The molecular weight excluding hydrogens is 272 g/mol. The molecule has 0 atom stereocenters. The zero-order valence-corrected chi connectivity index (χ0v) is 10.8. The summed E-state index contributed by atoms with van der Waals surface area (Å²) in [5, 5.41) is 0. The van der Waals surface area contributed by atoms with Crippen LogP contribution in [0.25, 0.3) is 0 Å². The molecule has 20 heavy (non-hydrogen) atoms. The van der Waals surface area contributed by atoms with Crippen molar-refractivity contribution in [1.29, 1.82) is 0 Å². The molecule has 0 unspecified atom stereocenters. The van der Waals surface area contributed by atoms with Crippen LogP contribution in [0.3, 0.4) is 0 Å². The first kappa shape index (κ1) is 14.1. The molecule has 0 aromatic heterocycles. The maximum Gasteiger partial charge on any atom is 0.326 e. The summed E-state index contributed by atoms with van der Waals surface area (Å²) in [5.41, 5.74) is -0.771. The maximum atomic E-state index is 13.7. The van der Waals surface area contributed by atoms with E-state index >= 15 is 0 Å². The number of ketones is 1. The number of esters is 1. The second-order valence-electron chi connectivity index (χ2n) is 4.54. The largest absolute Gasteiger partial charge is 0.462 e. The average molecular weight is 283 g/mol. The zero-order valence-electron chi connectivity index (χ0n) is 10.8. The van der Waals surface area contributed by atoms with Crippen LogP contribution in [0.2, 0.25) is 0 Å². The number of Topliss-reactive ketones (excluding diaryl/α,β-unsaturated/α-hetero) is 1. The van der Waals surface area contributed by atoms with Crippen molar-refractivity contribution >= 4 is 23.3 Å². The lowest BCUT2D eigenvalue weighted by molar-refractivity contribution is -0.146. The smallest absolute Gasteiger partial charge is 0.326 e. The number of anilines is 1. The summed E-state index contributed by atoms with van der Waals surface area (Å²) < 4.78 is 31.6. The molecule has 0 N–H and O–H groups in total. The summed E-state index contributed by atoms with van der Waals surface area (Å²) in [4.78, 5) is 35.6. The van der Waals surface area contributed by atoms with Gasteiger partial charge in [0.1, 0.15) is 12.4 Å². The molecule has 1 aliphatic rings. The quantitative estimate of drug-likeness (QED) is 0.622. The van der Waals surface area contributed by atoms with E-state index < -0.39 is 41.9 Å². The Morgan fingerprint density at radius 2 is 1.95 bits per heavy atom. The lowest BCUT2D eigenvalue weighted by Gasteiger charge is -2.17. The van der Waals surface area contributed by atoms with Crippen molar-refractivity contribution in [2.45, 2.75) is 20.0 Å². The van der Waals surface area contributed by atoms with Gasteiger partial charge in [-0.25, -0.2) is 8.78 Å². The second kappa shape index (κ2) is 4.99. The normalized spacial score (nSPS) is 13.9. The summed E-state index contributed by atoms with van der Waals surface area (Å²) in [6.07, 6.45) is -0.409. The number of fused-ring (bicyclic) bond motifs is 1. The molecule has 0 saturated carbocycles. The van der Waals surface area contributed by atoms with Gasteiger partial charge in [-0.1, -0.05) is 0 Å². The van der Waals surface area contributed by atoms with E-state index in [1.54, 1.807) is 13.8 Å². The highest BCUT2D eigenvalue weighted by atomic mass is 19.1. The van der Waals surface area contributed by atoms with E-state index in [9.17, 15) is 23.2 Å². The molecule has 0 spiro atoms. The number of carbonyl (C=O) groups is 3. The summed E-state index contributed by atoms with van der Waals surface area (Å²) in [6, 6.07) is 1.32. The lowest BCUT2D eigenvalue weighted by atomic mass is 10.1. The standard InChI is InChI=1S/C13H11F2NO4/c1-6(2)20-10(17)5-16-11-8(12(18)13(16)19)3-7(14)4-9(11)15/h3-4,6H,5H2,1-2H3. The first-order valence-corrected chi connectivity index (χ1v) is 5.86. The zero-order chi connectivity index (χ0) is 15.0. The number of amides is 1. The Hall–Kier alpha value is -2.31. The topological polar surface area (TPSA) is 63.7 Å². The van der Waals surface area contributed by atoms with Gasteiger partial charge in [0, 0.05) is 6.07 Å². The van der Waals surface area contributed by atoms with Gasteiger partial charge in [-0.05, 0) is 19.9 Å². The third-order valence-corrected chi connectivity index (χ3v) is 2.64. The molecule has 0 aliphatic carbocycles. The van der Waals surface area contributed by atoms with Crippen LogP contribution in [0.15, 0.2) is 12.1 Å². The Morgan fingerprint density at radius 3 is 2.55 bits per heavy atom. The minimum atomic E-state index is -1.08. The Balaban J connectivity index is 2.36. The lowest BCUT2D eigenvalue weighted by Crippen LogP contribution is -2.36. The van der Waals surface area contributed by atoms with Crippen LogP contribution < -0.4 is 4.90 Å².